The summed E-state index contributed by atoms with van der Waals surface area (Å²) in [7, 11) is -3.41. The maximum atomic E-state index is 12.8. The normalized spacial score (nSPS) is 10.9. The zero-order chi connectivity index (χ0) is 11.3. The minimum Gasteiger partial charge on any atom is -0.329 e. The molecule has 16 heavy (non-hydrogen) atoms. The summed E-state index contributed by atoms with van der Waals surface area (Å²) in [5.74, 6) is -0.674. The van der Waals surface area contributed by atoms with Gasteiger partial charge in [-0.2, -0.15) is 0 Å². The van der Waals surface area contributed by atoms with Gasteiger partial charge >= 0.3 is 0 Å². The molecule has 7 heteroatoms. The van der Waals surface area contributed by atoms with E-state index in [0.29, 0.717) is 5.56 Å². The van der Waals surface area contributed by atoms with Gasteiger partial charge in [-0.05, 0) is 17.7 Å². The van der Waals surface area contributed by atoms with Crippen molar-refractivity contribution in [2.24, 2.45) is 5.73 Å². The fourth-order valence-corrected chi connectivity index (χ4v) is 2.26. The highest BCUT2D eigenvalue weighted by atomic mass is 35.5. The maximum Gasteiger partial charge on any atom is 0.215 e. The summed E-state index contributed by atoms with van der Waals surface area (Å²) in [5.41, 5.74) is 5.58. The van der Waals surface area contributed by atoms with Crippen LogP contribution in [0.5, 0.6) is 0 Å². The second-order valence-corrected chi connectivity index (χ2v) is 4.88. The fourth-order valence-electron chi connectivity index (χ4n) is 1.11. The van der Waals surface area contributed by atoms with Gasteiger partial charge in [-0.15, -0.1) is 12.4 Å². The summed E-state index contributed by atoms with van der Waals surface area (Å²) in [4.78, 5) is 0. The van der Waals surface area contributed by atoms with E-state index in [1.54, 1.807) is 6.07 Å². The zero-order valence-electron chi connectivity index (χ0n) is 8.52. The predicted octanol–water partition coefficient (Wildman–Crippen LogP) is 0.626. The number of hydrogen-bond acceptors (Lipinski definition) is 3. The first-order valence-electron chi connectivity index (χ1n) is 4.45. The van der Waals surface area contributed by atoms with Crippen molar-refractivity contribution in [3.05, 3.63) is 35.6 Å². The largest absolute Gasteiger partial charge is 0.329 e. The van der Waals surface area contributed by atoms with E-state index in [0.717, 1.165) is 0 Å². The number of hydrogen-bond donors (Lipinski definition) is 2. The number of nitrogens with two attached hydrogens (primary N) is 1. The lowest BCUT2D eigenvalue weighted by Gasteiger charge is -2.05. The third-order valence-electron chi connectivity index (χ3n) is 1.71. The Bertz CT molecular complexity index is 425. The maximum absolute atomic E-state index is 12.8. The molecule has 0 aliphatic rings. The molecule has 0 bridgehead atoms. The second kappa shape index (κ2) is 6.80. The Morgan fingerprint density at radius 3 is 2.62 bits per heavy atom. The Balaban J connectivity index is 0.00000225. The first kappa shape index (κ1) is 15.3. The van der Waals surface area contributed by atoms with Crippen LogP contribution < -0.4 is 10.5 Å². The van der Waals surface area contributed by atoms with Crippen LogP contribution in [0.3, 0.4) is 0 Å². The van der Waals surface area contributed by atoms with Gasteiger partial charge in [-0.25, -0.2) is 17.5 Å². The molecule has 3 N–H and O–H groups in total. The molecule has 0 spiro atoms. The third-order valence-corrected chi connectivity index (χ3v) is 3.07. The number of sulfonamides is 1. The topological polar surface area (TPSA) is 72.2 Å². The van der Waals surface area contributed by atoms with Crippen LogP contribution in [-0.4, -0.2) is 21.5 Å². The SMILES string of the molecule is Cl.NCCNS(=O)(=O)Cc1cccc(F)c1. The molecule has 0 saturated heterocycles. The molecule has 0 fully saturated rings. The first-order chi connectivity index (χ1) is 7.03. The minimum absolute atomic E-state index is 0. The van der Waals surface area contributed by atoms with Crippen molar-refractivity contribution in [3.8, 4) is 0 Å². The van der Waals surface area contributed by atoms with E-state index in [2.05, 4.69) is 4.72 Å². The summed E-state index contributed by atoms with van der Waals surface area (Å²) in [6.07, 6.45) is 0. The van der Waals surface area contributed by atoms with Crippen molar-refractivity contribution < 1.29 is 12.8 Å². The summed E-state index contributed by atoms with van der Waals surface area (Å²) in [5, 5.41) is 0. The van der Waals surface area contributed by atoms with Crippen LogP contribution in [0.15, 0.2) is 24.3 Å². The molecular formula is C9H14ClFN2O2S. The summed E-state index contributed by atoms with van der Waals surface area (Å²) < 4.78 is 37.8. The van der Waals surface area contributed by atoms with Crippen molar-refractivity contribution in [1.29, 1.82) is 0 Å². The van der Waals surface area contributed by atoms with Gasteiger partial charge in [0.05, 0.1) is 5.75 Å². The molecule has 0 saturated carbocycles. The van der Waals surface area contributed by atoms with Crippen molar-refractivity contribution in [2.75, 3.05) is 13.1 Å². The van der Waals surface area contributed by atoms with Gasteiger partial charge in [0, 0.05) is 13.1 Å². The van der Waals surface area contributed by atoms with E-state index in [4.69, 9.17) is 5.73 Å². The van der Waals surface area contributed by atoms with Crippen molar-refractivity contribution in [1.82, 2.24) is 4.72 Å². The standard InChI is InChI=1S/C9H13FN2O2S.ClH/c10-9-3-1-2-8(6-9)7-15(13,14)12-5-4-11;/h1-3,6,12H,4-5,7,11H2;1H. The first-order valence-corrected chi connectivity index (χ1v) is 6.10. The average Bonchev–Trinajstić information content (AvgIpc) is 2.14. The average molecular weight is 269 g/mol. The molecule has 0 aliphatic carbocycles. The summed E-state index contributed by atoms with van der Waals surface area (Å²) in [6, 6.07) is 5.50. The molecule has 0 aromatic heterocycles. The lowest BCUT2D eigenvalue weighted by atomic mass is 10.2. The molecule has 0 aliphatic heterocycles. The number of halogens is 2. The Morgan fingerprint density at radius 2 is 2.06 bits per heavy atom. The molecule has 0 atom stereocenters. The highest BCUT2D eigenvalue weighted by Crippen LogP contribution is 2.06. The van der Waals surface area contributed by atoms with Crippen LogP contribution in [0.1, 0.15) is 5.56 Å². The lowest BCUT2D eigenvalue weighted by Crippen LogP contribution is -2.30. The van der Waals surface area contributed by atoms with E-state index in [-0.39, 0.29) is 31.2 Å². The second-order valence-electron chi connectivity index (χ2n) is 3.07. The van der Waals surface area contributed by atoms with Crippen LogP contribution in [0.2, 0.25) is 0 Å². The van der Waals surface area contributed by atoms with Crippen LogP contribution in [0, 0.1) is 5.82 Å². The Hall–Kier alpha value is -0.690. The van der Waals surface area contributed by atoms with Crippen LogP contribution in [0.4, 0.5) is 4.39 Å². The van der Waals surface area contributed by atoms with E-state index >= 15 is 0 Å². The van der Waals surface area contributed by atoms with Gasteiger partial charge in [0.1, 0.15) is 5.82 Å². The van der Waals surface area contributed by atoms with Crippen molar-refractivity contribution >= 4 is 22.4 Å². The highest BCUT2D eigenvalue weighted by Gasteiger charge is 2.10. The van der Waals surface area contributed by atoms with E-state index < -0.39 is 15.8 Å². The number of rotatable bonds is 5. The fraction of sp³-hybridized carbons (Fsp3) is 0.333. The van der Waals surface area contributed by atoms with Crippen LogP contribution in [-0.2, 0) is 15.8 Å². The lowest BCUT2D eigenvalue weighted by molar-refractivity contribution is 0.581. The predicted molar refractivity (Wildman–Crippen MR) is 63.3 cm³/mol. The van der Waals surface area contributed by atoms with E-state index in [1.807, 2.05) is 0 Å². The minimum atomic E-state index is -3.41. The number of benzene rings is 1. The molecule has 1 aromatic rings. The Labute approximate surface area is 100 Å². The van der Waals surface area contributed by atoms with Gasteiger partial charge in [-0.1, -0.05) is 12.1 Å². The van der Waals surface area contributed by atoms with Gasteiger partial charge in [-0.3, -0.25) is 0 Å². The summed E-state index contributed by atoms with van der Waals surface area (Å²) >= 11 is 0. The van der Waals surface area contributed by atoms with E-state index in [9.17, 15) is 12.8 Å². The monoisotopic (exact) mass is 268 g/mol. The Morgan fingerprint density at radius 1 is 1.38 bits per heavy atom. The van der Waals surface area contributed by atoms with Crippen molar-refractivity contribution in [2.45, 2.75) is 5.75 Å². The van der Waals surface area contributed by atoms with E-state index in [1.165, 1.54) is 18.2 Å². The van der Waals surface area contributed by atoms with Crippen LogP contribution >= 0.6 is 12.4 Å². The molecular weight excluding hydrogens is 255 g/mol. The smallest absolute Gasteiger partial charge is 0.215 e. The Kier molecular flexibility index (Phi) is 6.51. The number of nitrogens with one attached hydrogen (secondary N) is 1. The van der Waals surface area contributed by atoms with Gasteiger partial charge in [0.2, 0.25) is 10.0 Å². The molecule has 1 aromatic carbocycles. The van der Waals surface area contributed by atoms with Gasteiger partial charge < -0.3 is 5.73 Å². The van der Waals surface area contributed by atoms with Gasteiger partial charge in [0.15, 0.2) is 0 Å². The quantitative estimate of drug-likeness (QED) is 0.823. The summed E-state index contributed by atoms with van der Waals surface area (Å²) in [6.45, 7) is 0.431. The molecule has 92 valence electrons. The zero-order valence-corrected chi connectivity index (χ0v) is 10.2. The molecule has 0 amide bonds. The van der Waals surface area contributed by atoms with Crippen LogP contribution in [0.25, 0.3) is 0 Å². The molecule has 0 radical (unpaired) electrons. The molecule has 0 heterocycles. The third kappa shape index (κ3) is 5.41. The van der Waals surface area contributed by atoms with Crippen molar-refractivity contribution in [3.63, 3.8) is 0 Å². The molecule has 0 unspecified atom stereocenters. The van der Waals surface area contributed by atoms with Gasteiger partial charge in [0.25, 0.3) is 0 Å². The highest BCUT2D eigenvalue weighted by molar-refractivity contribution is 7.88. The molecule has 1 rings (SSSR count). The molecule has 4 nitrogen and oxygen atoms in total.